The summed E-state index contributed by atoms with van der Waals surface area (Å²) in [6, 6.07) is 0.485. The van der Waals surface area contributed by atoms with Crippen LogP contribution in [0.2, 0.25) is 0 Å². The number of piperidine rings is 1. The summed E-state index contributed by atoms with van der Waals surface area (Å²) in [6.45, 7) is 12.8. The number of carbonyl (C=O) groups excluding carboxylic acids is 1. The van der Waals surface area contributed by atoms with Crippen LogP contribution in [-0.2, 0) is 4.79 Å². The summed E-state index contributed by atoms with van der Waals surface area (Å²) in [4.78, 5) is 18.6. The first kappa shape index (κ1) is 19.7. The van der Waals surface area contributed by atoms with Gasteiger partial charge in [0.25, 0.3) is 0 Å². The molecule has 134 valence electrons. The number of hydrogen-bond donors (Lipinski definition) is 3. The van der Waals surface area contributed by atoms with E-state index in [1.165, 1.54) is 13.0 Å². The van der Waals surface area contributed by atoms with Crippen LogP contribution in [0.5, 0.6) is 0 Å². The Morgan fingerprint density at radius 2 is 1.78 bits per heavy atom. The maximum absolute atomic E-state index is 11.8. The zero-order valence-corrected chi connectivity index (χ0v) is 15.5. The van der Waals surface area contributed by atoms with Crippen LogP contribution in [0.3, 0.4) is 0 Å². The molecule has 6 nitrogen and oxygen atoms in total. The van der Waals surface area contributed by atoms with E-state index in [4.69, 9.17) is 0 Å². The van der Waals surface area contributed by atoms with Crippen LogP contribution in [0.25, 0.3) is 0 Å². The van der Waals surface area contributed by atoms with Gasteiger partial charge in [0, 0.05) is 44.7 Å². The Morgan fingerprint density at radius 3 is 2.30 bits per heavy atom. The molecular formula is C17H35N5O. The van der Waals surface area contributed by atoms with Gasteiger partial charge in [0.05, 0.1) is 0 Å². The predicted molar refractivity (Wildman–Crippen MR) is 96.7 cm³/mol. The van der Waals surface area contributed by atoms with Crippen molar-refractivity contribution < 1.29 is 4.79 Å². The SMILES string of the molecule is CCCN1CCC(NC(=NC)NCCNC(=O)C(C)(C)C)CC1. The molecule has 0 aliphatic carbocycles. The monoisotopic (exact) mass is 325 g/mol. The molecule has 0 aromatic rings. The molecule has 0 unspecified atom stereocenters. The molecular weight excluding hydrogens is 290 g/mol. The van der Waals surface area contributed by atoms with Gasteiger partial charge in [-0.15, -0.1) is 0 Å². The lowest BCUT2D eigenvalue weighted by Gasteiger charge is -2.32. The van der Waals surface area contributed by atoms with Crippen LogP contribution < -0.4 is 16.0 Å². The van der Waals surface area contributed by atoms with Gasteiger partial charge in [-0.2, -0.15) is 0 Å². The largest absolute Gasteiger partial charge is 0.355 e. The highest BCUT2D eigenvalue weighted by Crippen LogP contribution is 2.12. The minimum Gasteiger partial charge on any atom is -0.355 e. The summed E-state index contributed by atoms with van der Waals surface area (Å²) >= 11 is 0. The zero-order chi connectivity index (χ0) is 17.3. The van der Waals surface area contributed by atoms with E-state index < -0.39 is 0 Å². The number of rotatable bonds is 6. The molecule has 0 saturated carbocycles. The van der Waals surface area contributed by atoms with E-state index in [0.717, 1.165) is 31.9 Å². The second-order valence-electron chi connectivity index (χ2n) is 7.27. The average molecular weight is 326 g/mol. The lowest BCUT2D eigenvalue weighted by Crippen LogP contribution is -2.50. The second kappa shape index (κ2) is 9.75. The number of nitrogens with one attached hydrogen (secondary N) is 3. The van der Waals surface area contributed by atoms with Crippen molar-refractivity contribution in [2.45, 2.75) is 53.0 Å². The average Bonchev–Trinajstić information content (AvgIpc) is 2.51. The number of carbonyl (C=O) groups is 1. The Morgan fingerprint density at radius 1 is 1.17 bits per heavy atom. The van der Waals surface area contributed by atoms with E-state index in [9.17, 15) is 4.79 Å². The number of guanidine groups is 1. The zero-order valence-electron chi connectivity index (χ0n) is 15.5. The molecule has 1 aliphatic rings. The Kier molecular flexibility index (Phi) is 8.37. The summed E-state index contributed by atoms with van der Waals surface area (Å²) < 4.78 is 0. The van der Waals surface area contributed by atoms with Crippen molar-refractivity contribution in [1.29, 1.82) is 0 Å². The quantitative estimate of drug-likeness (QED) is 0.390. The van der Waals surface area contributed by atoms with Gasteiger partial charge >= 0.3 is 0 Å². The third kappa shape index (κ3) is 7.68. The highest BCUT2D eigenvalue weighted by molar-refractivity contribution is 5.82. The fraction of sp³-hybridized carbons (Fsp3) is 0.882. The highest BCUT2D eigenvalue weighted by Gasteiger charge is 2.21. The van der Waals surface area contributed by atoms with E-state index >= 15 is 0 Å². The van der Waals surface area contributed by atoms with E-state index in [1.54, 1.807) is 7.05 Å². The van der Waals surface area contributed by atoms with Crippen molar-refractivity contribution in [3.63, 3.8) is 0 Å². The van der Waals surface area contributed by atoms with Crippen LogP contribution in [0.15, 0.2) is 4.99 Å². The molecule has 0 aromatic carbocycles. The van der Waals surface area contributed by atoms with E-state index in [1.807, 2.05) is 20.8 Å². The number of nitrogens with zero attached hydrogens (tertiary/aromatic N) is 2. The molecule has 0 bridgehead atoms. The van der Waals surface area contributed by atoms with Gasteiger partial charge < -0.3 is 20.9 Å². The normalized spacial score (nSPS) is 17.9. The molecule has 1 amide bonds. The van der Waals surface area contributed by atoms with Gasteiger partial charge in [0.1, 0.15) is 0 Å². The summed E-state index contributed by atoms with van der Waals surface area (Å²) in [5, 5.41) is 9.69. The third-order valence-electron chi connectivity index (χ3n) is 4.08. The molecule has 6 heteroatoms. The Hall–Kier alpha value is -1.30. The lowest BCUT2D eigenvalue weighted by molar-refractivity contribution is -0.128. The fourth-order valence-corrected chi connectivity index (χ4v) is 2.63. The molecule has 1 fully saturated rings. The predicted octanol–water partition coefficient (Wildman–Crippen LogP) is 1.19. The molecule has 1 aliphatic heterocycles. The third-order valence-corrected chi connectivity index (χ3v) is 4.08. The van der Waals surface area contributed by atoms with Gasteiger partial charge in [-0.05, 0) is 25.8 Å². The van der Waals surface area contributed by atoms with E-state index in [2.05, 4.69) is 32.8 Å². The molecule has 3 N–H and O–H groups in total. The van der Waals surface area contributed by atoms with Gasteiger partial charge in [0.15, 0.2) is 5.96 Å². The highest BCUT2D eigenvalue weighted by atomic mass is 16.2. The molecule has 0 aromatic heterocycles. The Balaban J connectivity index is 2.22. The van der Waals surface area contributed by atoms with E-state index in [-0.39, 0.29) is 11.3 Å². The summed E-state index contributed by atoms with van der Waals surface area (Å²) in [7, 11) is 1.79. The molecule has 0 radical (unpaired) electrons. The molecule has 0 spiro atoms. The van der Waals surface area contributed by atoms with Gasteiger partial charge in [0.2, 0.25) is 5.91 Å². The van der Waals surface area contributed by atoms with Crippen LogP contribution in [-0.4, -0.2) is 62.6 Å². The van der Waals surface area contributed by atoms with Crippen LogP contribution in [0.4, 0.5) is 0 Å². The molecule has 0 atom stereocenters. The first-order chi connectivity index (χ1) is 10.9. The number of amides is 1. The first-order valence-corrected chi connectivity index (χ1v) is 8.84. The van der Waals surface area contributed by atoms with Crippen LogP contribution >= 0.6 is 0 Å². The van der Waals surface area contributed by atoms with Crippen molar-refractivity contribution in [3.05, 3.63) is 0 Å². The summed E-state index contributed by atoms with van der Waals surface area (Å²) in [6.07, 6.45) is 3.53. The van der Waals surface area contributed by atoms with Crippen molar-refractivity contribution >= 4 is 11.9 Å². The molecule has 1 rings (SSSR count). The van der Waals surface area contributed by atoms with Crippen LogP contribution in [0, 0.1) is 5.41 Å². The maximum atomic E-state index is 11.8. The molecule has 1 saturated heterocycles. The number of aliphatic imine (C=N–C) groups is 1. The van der Waals surface area contributed by atoms with Crippen LogP contribution in [0.1, 0.15) is 47.0 Å². The van der Waals surface area contributed by atoms with Crippen molar-refractivity contribution in [1.82, 2.24) is 20.9 Å². The van der Waals surface area contributed by atoms with Gasteiger partial charge in [-0.25, -0.2) is 0 Å². The minimum atomic E-state index is -0.341. The van der Waals surface area contributed by atoms with E-state index in [0.29, 0.717) is 19.1 Å². The second-order valence-corrected chi connectivity index (χ2v) is 7.27. The number of likely N-dealkylation sites (tertiary alicyclic amines) is 1. The standard InChI is InChI=1S/C17H35N5O/c1-6-11-22-12-7-14(8-13-22)21-16(18-5)20-10-9-19-15(23)17(2,3)4/h14H,6-13H2,1-5H3,(H,19,23)(H2,18,20,21). The smallest absolute Gasteiger partial charge is 0.225 e. The maximum Gasteiger partial charge on any atom is 0.225 e. The fourth-order valence-electron chi connectivity index (χ4n) is 2.63. The van der Waals surface area contributed by atoms with Crippen molar-refractivity contribution in [2.24, 2.45) is 10.4 Å². The molecule has 23 heavy (non-hydrogen) atoms. The topological polar surface area (TPSA) is 68.8 Å². The Labute approximate surface area is 141 Å². The summed E-state index contributed by atoms with van der Waals surface area (Å²) in [5.41, 5.74) is -0.341. The van der Waals surface area contributed by atoms with Gasteiger partial charge in [-0.1, -0.05) is 27.7 Å². The summed E-state index contributed by atoms with van der Waals surface area (Å²) in [5.74, 6) is 0.898. The lowest BCUT2D eigenvalue weighted by atomic mass is 9.96. The van der Waals surface area contributed by atoms with Crippen molar-refractivity contribution in [2.75, 3.05) is 39.8 Å². The minimum absolute atomic E-state index is 0.0746. The van der Waals surface area contributed by atoms with Crippen molar-refractivity contribution in [3.8, 4) is 0 Å². The first-order valence-electron chi connectivity index (χ1n) is 8.84. The van der Waals surface area contributed by atoms with Gasteiger partial charge in [-0.3, -0.25) is 9.79 Å². The Bertz CT molecular complexity index is 381. The number of hydrogen-bond acceptors (Lipinski definition) is 3. The molecule has 1 heterocycles.